The summed E-state index contributed by atoms with van der Waals surface area (Å²) in [7, 11) is -3.62. The van der Waals surface area contributed by atoms with E-state index in [-0.39, 0.29) is 111 Å². The van der Waals surface area contributed by atoms with Crippen LogP contribution < -0.4 is 41.7 Å². The highest BCUT2D eigenvalue weighted by atomic mass is 32.2. The normalized spacial score (nSPS) is 17.7. The number of ether oxygens (including phenoxy) is 7. The van der Waals surface area contributed by atoms with Gasteiger partial charge in [-0.3, -0.25) is 48.2 Å². The van der Waals surface area contributed by atoms with Gasteiger partial charge in [0, 0.05) is 61.2 Å². The molecule has 111 heavy (non-hydrogen) atoms. The summed E-state index contributed by atoms with van der Waals surface area (Å²) in [4.78, 5) is 94.8. The monoisotopic (exact) mass is 1580 g/mol. The molecule has 2 amide bonds. The molecule has 0 saturated carbocycles. The van der Waals surface area contributed by atoms with Gasteiger partial charge in [0.1, 0.15) is 54.1 Å². The fourth-order valence-electron chi connectivity index (χ4n) is 13.0. The van der Waals surface area contributed by atoms with Gasteiger partial charge in [-0.15, -0.1) is 0 Å². The topological polar surface area (TPSA) is 394 Å². The first kappa shape index (κ1) is 81.9. The van der Waals surface area contributed by atoms with Crippen molar-refractivity contribution in [3.8, 4) is 29.4 Å². The molecule has 2 unspecified atom stereocenters. The van der Waals surface area contributed by atoms with E-state index in [4.69, 9.17) is 55.8 Å². The number of aryl methyl sites for hydroxylation is 1. The Kier molecular flexibility index (Phi) is 27.8. The second-order valence-corrected chi connectivity index (χ2v) is 31.0. The number of carbonyl (C=O) groups excluding carboxylic acids is 3. The number of nitrogens with zero attached hydrogens (tertiary/aromatic N) is 8. The molecule has 0 bridgehead atoms. The van der Waals surface area contributed by atoms with E-state index in [0.717, 1.165) is 16.7 Å². The van der Waals surface area contributed by atoms with Crippen LogP contribution >= 0.6 is 17.1 Å². The van der Waals surface area contributed by atoms with Crippen molar-refractivity contribution in [3.63, 3.8) is 0 Å². The van der Waals surface area contributed by atoms with E-state index in [9.17, 15) is 47.7 Å². The van der Waals surface area contributed by atoms with Crippen LogP contribution in [0.2, 0.25) is 0 Å². The van der Waals surface area contributed by atoms with Crippen LogP contribution in [0.15, 0.2) is 165 Å². The van der Waals surface area contributed by atoms with Crippen LogP contribution in [-0.4, -0.2) is 168 Å². The summed E-state index contributed by atoms with van der Waals surface area (Å²) < 4.78 is 108. The molecule has 0 aliphatic carbocycles. The van der Waals surface area contributed by atoms with Crippen LogP contribution in [0.1, 0.15) is 100 Å². The van der Waals surface area contributed by atoms with Gasteiger partial charge >= 0.3 is 20.4 Å². The Morgan fingerprint density at radius 2 is 1.28 bits per heavy atom. The van der Waals surface area contributed by atoms with Crippen LogP contribution in [0.4, 0.5) is 10.7 Å². The van der Waals surface area contributed by atoms with Gasteiger partial charge < -0.3 is 61.1 Å². The van der Waals surface area contributed by atoms with Gasteiger partial charge in [0.25, 0.3) is 19.6 Å². The molecule has 11 rings (SSSR count). The molecule has 2 aliphatic heterocycles. The van der Waals surface area contributed by atoms with Gasteiger partial charge in [-0.2, -0.15) is 15.5 Å². The summed E-state index contributed by atoms with van der Waals surface area (Å²) in [5.74, 6) is -0.175. The number of aromatic nitrogens is 7. The van der Waals surface area contributed by atoms with E-state index in [0.29, 0.717) is 33.7 Å². The summed E-state index contributed by atoms with van der Waals surface area (Å²) in [5, 5.41) is 25.4. The molecule has 0 spiro atoms. The third kappa shape index (κ3) is 19.8. The minimum absolute atomic E-state index is 0.00438. The molecule has 2 fully saturated rings. The molecule has 5 aromatic carbocycles. The van der Waals surface area contributed by atoms with E-state index in [1.165, 1.54) is 63.8 Å². The van der Waals surface area contributed by atoms with Crippen molar-refractivity contribution in [3.05, 3.63) is 205 Å². The zero-order valence-corrected chi connectivity index (χ0v) is 64.8. The molecule has 35 heteroatoms. The number of carbonyl (C=O) groups is 3. The largest absolute Gasteiger partial charge is 0.497 e. The number of anilines is 1. The summed E-state index contributed by atoms with van der Waals surface area (Å²) in [6.07, 6.45) is -2.97. The SMILES string of the molecule is COc1ccc(C(OC[C@H]2O[C@@H](n3cc(C)c(=O)[nH]c3=O)C[C@H]2OP(OCCC#N)OC[C@H]2O[C@@H](n3cnc4c(=O)[nH]c(NC(=O)CCNC(=O)Cc5cn(C(=O)OCCS(=O)(=O)c6ccc(OC)cc6)c6ccccc56)nc43)C[C@H]2OP(OCCC#N)N(C(C)C)C(C)C)(c2ccccc2)c2ccc(OC)cc2)cc1. The number of imidazole rings is 1. The number of H-pyrrole nitrogens is 2. The molecule has 2 aliphatic rings. The van der Waals surface area contributed by atoms with Crippen LogP contribution in [0.25, 0.3) is 22.1 Å². The van der Waals surface area contributed by atoms with Crippen molar-refractivity contribution in [1.82, 2.24) is 43.6 Å². The maximum absolute atomic E-state index is 13.8. The molecule has 2 saturated heterocycles. The zero-order valence-electron chi connectivity index (χ0n) is 62.2. The average molecular weight is 1580 g/mol. The number of nitrogens with one attached hydrogen (secondary N) is 4. The number of methoxy groups -OCH3 is 3. The lowest BCUT2D eigenvalue weighted by molar-refractivity contribution is -0.120. The van der Waals surface area contributed by atoms with Gasteiger partial charge in [0.15, 0.2) is 21.0 Å². The van der Waals surface area contributed by atoms with Gasteiger partial charge in [-0.1, -0.05) is 72.8 Å². The van der Waals surface area contributed by atoms with Gasteiger partial charge in [-0.25, -0.2) is 27.7 Å². The minimum Gasteiger partial charge on any atom is -0.497 e. The standard InChI is InChI=1S/C76H86N12O20P2S/c1-48(2)88(49(3)4)109(102-36-14-33-77)107-61-41-68(87-47-80-69-70(87)82-73(83-72(69)92)81-65(89)32-35-79-66(90)40-51-44-85(60-19-13-12-18-59(51)60)75(94)100-38-39-111(95,96)58-30-28-57(99-8)29-31-58)106-64(61)46-104-110(103-37-15-34-78)108-62-42-67(86-43-50(5)71(91)84-74(86)93)105-63(62)45-101-76(52-16-10-9-11-17-52,53-20-24-55(97-6)25-21-53)54-22-26-56(98-7)27-23-54/h9-13,16-31,43-44,47-49,61-64,67-68H,14-15,32,35-42,45-46H2,1-8H3,(H,79,90)(H,84,91,93)(H2,81,82,83,89,92)/t61-,62-,63-,64-,67-,68-,109?,110?/m1/s1. The highest BCUT2D eigenvalue weighted by molar-refractivity contribution is 7.91. The van der Waals surface area contributed by atoms with Crippen LogP contribution in [0, 0.1) is 29.6 Å². The number of hydrogen-bond donors (Lipinski definition) is 4. The van der Waals surface area contributed by atoms with E-state index in [1.807, 2.05) is 111 Å². The number of rotatable bonds is 37. The molecule has 32 nitrogen and oxygen atoms in total. The van der Waals surface area contributed by atoms with Crippen molar-refractivity contribution in [2.45, 2.75) is 133 Å². The number of amides is 2. The fraction of sp³-hybridized carbons (Fsp3) is 0.395. The van der Waals surface area contributed by atoms with Crippen molar-refractivity contribution in [1.29, 1.82) is 10.5 Å². The summed E-state index contributed by atoms with van der Waals surface area (Å²) >= 11 is 0. The molecule has 0 radical (unpaired) electrons. The number of sulfone groups is 1. The number of benzene rings is 5. The maximum Gasteiger partial charge on any atom is 0.418 e. The Morgan fingerprint density at radius 1 is 0.694 bits per heavy atom. The number of para-hydroxylation sites is 1. The first-order valence-corrected chi connectivity index (χ1v) is 39.5. The first-order valence-electron chi connectivity index (χ1n) is 35.7. The summed E-state index contributed by atoms with van der Waals surface area (Å²) in [6, 6.07) is 41.2. The lowest BCUT2D eigenvalue weighted by Gasteiger charge is -2.37. The van der Waals surface area contributed by atoms with Crippen LogP contribution in [-0.2, 0) is 73.0 Å². The molecule has 9 aromatic rings. The Balaban J connectivity index is 0.819. The molecule has 8 atom stereocenters. The second kappa shape index (κ2) is 37.8. The Bertz CT molecular complexity index is 5030. The summed E-state index contributed by atoms with van der Waals surface area (Å²) in [6.45, 7) is 8.31. The number of nitriles is 2. The Labute approximate surface area is 641 Å². The fourth-order valence-corrected chi connectivity index (χ4v) is 17.0. The molecular weight excluding hydrogens is 1490 g/mol. The lowest BCUT2D eigenvalue weighted by atomic mass is 9.80. The van der Waals surface area contributed by atoms with Crippen molar-refractivity contribution in [2.24, 2.45) is 0 Å². The predicted molar refractivity (Wildman–Crippen MR) is 407 cm³/mol. The third-order valence-corrected chi connectivity index (χ3v) is 23.4. The highest BCUT2D eigenvalue weighted by Gasteiger charge is 2.47. The van der Waals surface area contributed by atoms with Crippen molar-refractivity contribution in [2.75, 3.05) is 72.0 Å². The second-order valence-electron chi connectivity index (χ2n) is 26.3. The van der Waals surface area contributed by atoms with Crippen LogP contribution in [0.5, 0.6) is 17.2 Å². The van der Waals surface area contributed by atoms with E-state index in [1.54, 1.807) is 45.4 Å². The van der Waals surface area contributed by atoms with Gasteiger partial charge in [0.05, 0.1) is 114 Å². The molecule has 6 heterocycles. The first-order chi connectivity index (χ1) is 53.5. The van der Waals surface area contributed by atoms with E-state index >= 15 is 0 Å². The van der Waals surface area contributed by atoms with E-state index < -0.39 is 117 Å². The quantitative estimate of drug-likeness (QED) is 0.0160. The predicted octanol–water partition coefficient (Wildman–Crippen LogP) is 9.91. The van der Waals surface area contributed by atoms with Crippen molar-refractivity contribution >= 4 is 72.9 Å². The zero-order chi connectivity index (χ0) is 78.9. The molecular formula is C76H86N12O20P2S. The minimum atomic E-state index is -3.81. The Morgan fingerprint density at radius 3 is 1.91 bits per heavy atom. The number of aromatic amines is 2. The third-order valence-electron chi connectivity index (χ3n) is 18.3. The van der Waals surface area contributed by atoms with Crippen LogP contribution in [0.3, 0.4) is 0 Å². The van der Waals surface area contributed by atoms with E-state index in [2.05, 4.69) is 42.7 Å². The molecule has 4 N–H and O–H groups in total. The number of fused-ring (bicyclic) bond motifs is 2. The van der Waals surface area contributed by atoms with Gasteiger partial charge in [-0.05, 0) is 111 Å². The highest BCUT2D eigenvalue weighted by Crippen LogP contribution is 2.52. The smallest absolute Gasteiger partial charge is 0.418 e. The summed E-state index contributed by atoms with van der Waals surface area (Å²) in [5.41, 5.74) is -0.163. The molecule has 4 aromatic heterocycles. The maximum atomic E-state index is 13.8. The Hall–Kier alpha value is -10.1. The number of hydrogen-bond acceptors (Lipinski definition) is 25. The van der Waals surface area contributed by atoms with Crippen molar-refractivity contribution < 1.29 is 78.6 Å². The molecule has 586 valence electrons. The average Bonchev–Trinajstić information content (AvgIpc) is 0.911. The lowest BCUT2D eigenvalue weighted by Crippen LogP contribution is -2.38. The van der Waals surface area contributed by atoms with Gasteiger partial charge in [0.2, 0.25) is 17.8 Å².